The molecular formula is C13H17NO2S. The van der Waals surface area contributed by atoms with Crippen molar-refractivity contribution in [3.05, 3.63) is 22.4 Å². The minimum absolute atomic E-state index is 0.0788. The molecule has 3 atom stereocenters. The SMILES string of the molecule is C[C@@H]1C[C@H]1C(=O)N[C@@H](C)CC(=O)c1cccs1. The summed E-state index contributed by atoms with van der Waals surface area (Å²) in [4.78, 5) is 24.3. The lowest BCUT2D eigenvalue weighted by Crippen LogP contribution is -2.35. The van der Waals surface area contributed by atoms with E-state index in [1.807, 2.05) is 24.4 Å². The van der Waals surface area contributed by atoms with Gasteiger partial charge in [-0.2, -0.15) is 0 Å². The fourth-order valence-corrected chi connectivity index (χ4v) is 2.58. The Bertz CT molecular complexity index is 413. The number of rotatable bonds is 5. The zero-order valence-corrected chi connectivity index (χ0v) is 10.9. The third-order valence-corrected chi connectivity index (χ3v) is 4.03. The second-order valence-electron chi connectivity index (χ2n) is 4.83. The largest absolute Gasteiger partial charge is 0.353 e. The monoisotopic (exact) mass is 251 g/mol. The van der Waals surface area contributed by atoms with Gasteiger partial charge in [-0.25, -0.2) is 0 Å². The molecule has 1 saturated carbocycles. The van der Waals surface area contributed by atoms with Gasteiger partial charge in [0.25, 0.3) is 0 Å². The highest BCUT2D eigenvalue weighted by Gasteiger charge is 2.39. The lowest BCUT2D eigenvalue weighted by atomic mass is 10.1. The smallest absolute Gasteiger partial charge is 0.223 e. The van der Waals surface area contributed by atoms with Gasteiger partial charge in [-0.1, -0.05) is 13.0 Å². The van der Waals surface area contributed by atoms with Crippen molar-refractivity contribution in [2.24, 2.45) is 11.8 Å². The summed E-state index contributed by atoms with van der Waals surface area (Å²) in [6, 6.07) is 3.61. The van der Waals surface area contributed by atoms with Crippen LogP contribution < -0.4 is 5.32 Å². The quantitative estimate of drug-likeness (QED) is 0.817. The van der Waals surface area contributed by atoms with Crippen LogP contribution in [0.4, 0.5) is 0 Å². The Hall–Kier alpha value is -1.16. The molecule has 92 valence electrons. The lowest BCUT2D eigenvalue weighted by molar-refractivity contribution is -0.123. The van der Waals surface area contributed by atoms with Gasteiger partial charge in [-0.3, -0.25) is 9.59 Å². The van der Waals surface area contributed by atoms with Crippen LogP contribution in [0.1, 0.15) is 36.4 Å². The maximum absolute atomic E-state index is 11.8. The number of amides is 1. The minimum Gasteiger partial charge on any atom is -0.353 e. The maximum atomic E-state index is 11.8. The zero-order chi connectivity index (χ0) is 12.4. The predicted molar refractivity (Wildman–Crippen MR) is 68.1 cm³/mol. The highest BCUT2D eigenvalue weighted by Crippen LogP contribution is 2.37. The molecule has 0 aliphatic heterocycles. The fourth-order valence-electron chi connectivity index (χ4n) is 1.90. The van der Waals surface area contributed by atoms with Crippen molar-refractivity contribution in [1.29, 1.82) is 0 Å². The zero-order valence-electron chi connectivity index (χ0n) is 10.1. The third kappa shape index (κ3) is 3.16. The number of hydrogen-bond acceptors (Lipinski definition) is 3. The first kappa shape index (κ1) is 12.3. The number of thiophene rings is 1. The van der Waals surface area contributed by atoms with Crippen molar-refractivity contribution in [3.63, 3.8) is 0 Å². The third-order valence-electron chi connectivity index (χ3n) is 3.12. The molecule has 2 rings (SSSR count). The van der Waals surface area contributed by atoms with Crippen LogP contribution in [-0.2, 0) is 4.79 Å². The molecule has 1 heterocycles. The van der Waals surface area contributed by atoms with Crippen LogP contribution in [0.15, 0.2) is 17.5 Å². The molecule has 0 saturated heterocycles. The minimum atomic E-state index is -0.0788. The van der Waals surface area contributed by atoms with E-state index in [0.717, 1.165) is 11.3 Å². The summed E-state index contributed by atoms with van der Waals surface area (Å²) >= 11 is 1.45. The average molecular weight is 251 g/mol. The van der Waals surface area contributed by atoms with Crippen molar-refractivity contribution in [1.82, 2.24) is 5.32 Å². The van der Waals surface area contributed by atoms with Crippen molar-refractivity contribution >= 4 is 23.0 Å². The molecule has 1 fully saturated rings. The summed E-state index contributed by atoms with van der Waals surface area (Å²) in [6.45, 7) is 3.96. The van der Waals surface area contributed by atoms with Gasteiger partial charge in [0.15, 0.2) is 5.78 Å². The molecule has 0 spiro atoms. The molecule has 1 aromatic heterocycles. The lowest BCUT2D eigenvalue weighted by Gasteiger charge is -2.12. The standard InChI is InChI=1S/C13H17NO2S/c1-8-6-10(8)13(16)14-9(2)7-11(15)12-4-3-5-17-12/h3-5,8-10H,6-7H2,1-2H3,(H,14,16)/t8-,9+,10-/m1/s1. The number of nitrogens with one attached hydrogen (secondary N) is 1. The summed E-state index contributed by atoms with van der Waals surface area (Å²) in [5.41, 5.74) is 0. The molecule has 0 radical (unpaired) electrons. The average Bonchev–Trinajstić information content (AvgIpc) is 2.81. The van der Waals surface area contributed by atoms with Crippen LogP contribution in [0.2, 0.25) is 0 Å². The van der Waals surface area contributed by atoms with Gasteiger partial charge in [0.05, 0.1) is 4.88 Å². The van der Waals surface area contributed by atoms with E-state index in [0.29, 0.717) is 12.3 Å². The number of carbonyl (C=O) groups excluding carboxylic acids is 2. The first-order valence-corrected chi connectivity index (χ1v) is 6.83. The summed E-state index contributed by atoms with van der Waals surface area (Å²) in [7, 11) is 0. The fraction of sp³-hybridized carbons (Fsp3) is 0.538. The summed E-state index contributed by atoms with van der Waals surface area (Å²) in [5, 5.41) is 4.80. The Morgan fingerprint density at radius 1 is 1.59 bits per heavy atom. The molecule has 1 N–H and O–H groups in total. The van der Waals surface area contributed by atoms with Crippen LogP contribution >= 0.6 is 11.3 Å². The van der Waals surface area contributed by atoms with Crippen molar-refractivity contribution in [2.75, 3.05) is 0 Å². The predicted octanol–water partition coefficient (Wildman–Crippen LogP) is 2.48. The van der Waals surface area contributed by atoms with E-state index in [9.17, 15) is 9.59 Å². The van der Waals surface area contributed by atoms with E-state index in [1.54, 1.807) is 0 Å². The highest BCUT2D eigenvalue weighted by atomic mass is 32.1. The first-order chi connectivity index (χ1) is 8.08. The first-order valence-electron chi connectivity index (χ1n) is 5.95. The van der Waals surface area contributed by atoms with Crippen LogP contribution in [0.5, 0.6) is 0 Å². The summed E-state index contributed by atoms with van der Waals surface area (Å²) < 4.78 is 0. The molecule has 0 aromatic carbocycles. The van der Waals surface area contributed by atoms with Crippen LogP contribution in [0.3, 0.4) is 0 Å². The van der Waals surface area contributed by atoms with Gasteiger partial charge in [0, 0.05) is 18.4 Å². The van der Waals surface area contributed by atoms with Gasteiger partial charge in [-0.05, 0) is 30.7 Å². The number of carbonyl (C=O) groups is 2. The molecule has 1 aliphatic rings. The van der Waals surface area contributed by atoms with E-state index in [2.05, 4.69) is 12.2 Å². The molecule has 3 nitrogen and oxygen atoms in total. The van der Waals surface area contributed by atoms with E-state index in [-0.39, 0.29) is 23.7 Å². The van der Waals surface area contributed by atoms with E-state index in [4.69, 9.17) is 0 Å². The number of hydrogen-bond donors (Lipinski definition) is 1. The second kappa shape index (κ2) is 5.00. The Morgan fingerprint density at radius 2 is 2.29 bits per heavy atom. The van der Waals surface area contributed by atoms with Crippen LogP contribution in [0.25, 0.3) is 0 Å². The molecule has 1 aromatic rings. The van der Waals surface area contributed by atoms with E-state index >= 15 is 0 Å². The van der Waals surface area contributed by atoms with Crippen molar-refractivity contribution < 1.29 is 9.59 Å². The summed E-state index contributed by atoms with van der Waals surface area (Å²) in [6.07, 6.45) is 1.37. The van der Waals surface area contributed by atoms with Crippen LogP contribution in [0, 0.1) is 11.8 Å². The van der Waals surface area contributed by atoms with Gasteiger partial charge in [0.2, 0.25) is 5.91 Å². The molecular weight excluding hydrogens is 234 g/mol. The van der Waals surface area contributed by atoms with Crippen molar-refractivity contribution in [2.45, 2.75) is 32.7 Å². The van der Waals surface area contributed by atoms with Gasteiger partial charge in [-0.15, -0.1) is 11.3 Å². The molecule has 1 amide bonds. The number of Topliss-reactive ketones (excluding diaryl/α,β-unsaturated/α-hetero) is 1. The van der Waals surface area contributed by atoms with E-state index in [1.165, 1.54) is 11.3 Å². The van der Waals surface area contributed by atoms with Crippen LogP contribution in [-0.4, -0.2) is 17.7 Å². The number of ketones is 1. The Morgan fingerprint density at radius 3 is 2.82 bits per heavy atom. The molecule has 1 aliphatic carbocycles. The summed E-state index contributed by atoms with van der Waals surface area (Å²) in [5.74, 6) is 0.894. The highest BCUT2D eigenvalue weighted by molar-refractivity contribution is 7.12. The Kier molecular flexibility index (Phi) is 3.62. The van der Waals surface area contributed by atoms with Gasteiger partial charge < -0.3 is 5.32 Å². The molecule has 17 heavy (non-hydrogen) atoms. The van der Waals surface area contributed by atoms with Gasteiger partial charge in [0.1, 0.15) is 0 Å². The van der Waals surface area contributed by atoms with E-state index < -0.39 is 0 Å². The second-order valence-corrected chi connectivity index (χ2v) is 5.78. The topological polar surface area (TPSA) is 46.2 Å². The molecule has 0 unspecified atom stereocenters. The van der Waals surface area contributed by atoms with Gasteiger partial charge >= 0.3 is 0 Å². The molecule has 4 heteroatoms. The normalized spacial score (nSPS) is 24.1. The van der Waals surface area contributed by atoms with Crippen molar-refractivity contribution in [3.8, 4) is 0 Å². The Balaban J connectivity index is 1.79. The Labute approximate surface area is 105 Å². The molecule has 0 bridgehead atoms. The maximum Gasteiger partial charge on any atom is 0.223 e.